The molecule has 0 N–H and O–H groups in total. The van der Waals surface area contributed by atoms with E-state index < -0.39 is 0 Å². The number of rotatable bonds is 14. The lowest BCUT2D eigenvalue weighted by Crippen LogP contribution is -2.18. The zero-order valence-electron chi connectivity index (χ0n) is 29.3. The first-order chi connectivity index (χ1) is 21.5. The van der Waals surface area contributed by atoms with Crippen molar-refractivity contribution in [3.05, 3.63) is 118 Å². The molecule has 0 aliphatic rings. The van der Waals surface area contributed by atoms with Crippen molar-refractivity contribution < 1.29 is 4.74 Å². The second kappa shape index (κ2) is 15.4. The SMILES string of the molecule is CCCc1cc(N(C)C)ccc1C(OC(c1ccc(N(C)C)cc1)c1ccc(N(C)C)cc1CCC)c1ccc(N(C)C)cc1. The second-order valence-electron chi connectivity index (χ2n) is 12.9. The van der Waals surface area contributed by atoms with Gasteiger partial charge in [0.1, 0.15) is 12.2 Å². The predicted octanol–water partition coefficient (Wildman–Crippen LogP) is 8.75. The number of hydrogen-bond acceptors (Lipinski definition) is 5. The summed E-state index contributed by atoms with van der Waals surface area (Å²) in [5, 5.41) is 0. The molecule has 0 fully saturated rings. The first-order valence-electron chi connectivity index (χ1n) is 16.3. The summed E-state index contributed by atoms with van der Waals surface area (Å²) in [6, 6.07) is 31.5. The number of hydrogen-bond donors (Lipinski definition) is 0. The van der Waals surface area contributed by atoms with Gasteiger partial charge < -0.3 is 24.3 Å². The predicted molar refractivity (Wildman–Crippen MR) is 196 cm³/mol. The van der Waals surface area contributed by atoms with E-state index >= 15 is 0 Å². The molecule has 0 aliphatic heterocycles. The van der Waals surface area contributed by atoms with Crippen LogP contribution in [0.4, 0.5) is 22.7 Å². The van der Waals surface area contributed by atoms with Crippen molar-refractivity contribution in [3.63, 3.8) is 0 Å². The van der Waals surface area contributed by atoms with Gasteiger partial charge in [-0.1, -0.05) is 63.1 Å². The fraction of sp³-hybridized carbons (Fsp3) is 0.400. The van der Waals surface area contributed by atoms with Gasteiger partial charge in [0.05, 0.1) is 0 Å². The topological polar surface area (TPSA) is 22.2 Å². The molecular weight excluding hydrogens is 552 g/mol. The molecule has 0 bridgehead atoms. The van der Waals surface area contributed by atoms with Crippen LogP contribution in [0.1, 0.15) is 72.3 Å². The maximum atomic E-state index is 7.52. The minimum absolute atomic E-state index is 0.250. The van der Waals surface area contributed by atoms with Crippen LogP contribution in [0, 0.1) is 0 Å². The van der Waals surface area contributed by atoms with Gasteiger partial charge in [0.15, 0.2) is 0 Å². The van der Waals surface area contributed by atoms with Crippen LogP contribution in [0.2, 0.25) is 0 Å². The highest BCUT2D eigenvalue weighted by atomic mass is 16.5. The van der Waals surface area contributed by atoms with Gasteiger partial charge in [-0.25, -0.2) is 0 Å². The third kappa shape index (κ3) is 8.20. The van der Waals surface area contributed by atoms with Crippen LogP contribution in [-0.4, -0.2) is 56.4 Å². The molecule has 2 atom stereocenters. The number of benzene rings is 4. The summed E-state index contributed by atoms with van der Waals surface area (Å²) in [6.07, 6.45) is 3.62. The van der Waals surface area contributed by atoms with Crippen molar-refractivity contribution in [3.8, 4) is 0 Å². The average molecular weight is 607 g/mol. The molecular formula is C40H54N4O. The molecule has 4 aromatic carbocycles. The number of anilines is 4. The van der Waals surface area contributed by atoms with E-state index in [-0.39, 0.29) is 12.2 Å². The van der Waals surface area contributed by atoms with Gasteiger partial charge in [0.25, 0.3) is 0 Å². The first kappa shape index (κ1) is 33.9. The molecule has 0 heterocycles. The molecule has 45 heavy (non-hydrogen) atoms. The van der Waals surface area contributed by atoms with Gasteiger partial charge in [-0.15, -0.1) is 0 Å². The Kier molecular flexibility index (Phi) is 11.6. The Morgan fingerprint density at radius 1 is 0.444 bits per heavy atom. The molecule has 0 amide bonds. The van der Waals surface area contributed by atoms with Crippen molar-refractivity contribution in [2.45, 2.75) is 51.7 Å². The minimum Gasteiger partial charge on any atom is -0.378 e. The third-order valence-electron chi connectivity index (χ3n) is 8.59. The zero-order valence-corrected chi connectivity index (χ0v) is 29.3. The molecule has 0 aliphatic carbocycles. The average Bonchev–Trinajstić information content (AvgIpc) is 3.02. The molecule has 5 nitrogen and oxygen atoms in total. The highest BCUT2D eigenvalue weighted by Crippen LogP contribution is 2.41. The lowest BCUT2D eigenvalue weighted by Gasteiger charge is -2.31. The summed E-state index contributed by atoms with van der Waals surface area (Å²) >= 11 is 0. The van der Waals surface area contributed by atoms with E-state index in [0.29, 0.717) is 0 Å². The molecule has 0 saturated carbocycles. The van der Waals surface area contributed by atoms with E-state index in [2.05, 4.69) is 175 Å². The van der Waals surface area contributed by atoms with E-state index in [1.54, 1.807) is 0 Å². The Labute approximate surface area is 273 Å². The van der Waals surface area contributed by atoms with Crippen LogP contribution in [0.3, 0.4) is 0 Å². The van der Waals surface area contributed by atoms with Crippen molar-refractivity contribution in [1.29, 1.82) is 0 Å². The van der Waals surface area contributed by atoms with Crippen molar-refractivity contribution in [1.82, 2.24) is 0 Å². The van der Waals surface area contributed by atoms with Crippen molar-refractivity contribution in [2.75, 3.05) is 76.0 Å². The summed E-state index contributed by atoms with van der Waals surface area (Å²) in [7, 11) is 16.8. The first-order valence-corrected chi connectivity index (χ1v) is 16.3. The van der Waals surface area contributed by atoms with Gasteiger partial charge in [0.2, 0.25) is 0 Å². The molecule has 4 aromatic rings. The third-order valence-corrected chi connectivity index (χ3v) is 8.59. The number of aryl methyl sites for hydroxylation is 2. The highest BCUT2D eigenvalue weighted by molar-refractivity contribution is 5.55. The molecule has 0 aromatic heterocycles. The van der Waals surface area contributed by atoms with Crippen LogP contribution < -0.4 is 19.6 Å². The fourth-order valence-corrected chi connectivity index (χ4v) is 5.92. The Bertz CT molecular complexity index is 1390. The lowest BCUT2D eigenvalue weighted by molar-refractivity contribution is 0.0299. The normalized spacial score (nSPS) is 12.5. The monoisotopic (exact) mass is 606 g/mol. The number of ether oxygens (including phenoxy) is 1. The summed E-state index contributed by atoms with van der Waals surface area (Å²) in [4.78, 5) is 8.66. The summed E-state index contributed by atoms with van der Waals surface area (Å²) in [5.41, 5.74) is 12.2. The molecule has 240 valence electrons. The lowest BCUT2D eigenvalue weighted by atomic mass is 9.91. The van der Waals surface area contributed by atoms with E-state index in [4.69, 9.17) is 4.74 Å². The smallest absolute Gasteiger partial charge is 0.109 e. The van der Waals surface area contributed by atoms with Gasteiger partial charge >= 0.3 is 0 Å². The van der Waals surface area contributed by atoms with E-state index in [1.807, 2.05) is 0 Å². The minimum atomic E-state index is -0.250. The summed E-state index contributed by atoms with van der Waals surface area (Å²) in [5.74, 6) is 0. The molecule has 4 rings (SSSR count). The maximum absolute atomic E-state index is 7.52. The van der Waals surface area contributed by atoms with Gasteiger partial charge in [-0.2, -0.15) is 0 Å². The van der Waals surface area contributed by atoms with Crippen molar-refractivity contribution >= 4 is 22.7 Å². The molecule has 0 radical (unpaired) electrons. The van der Waals surface area contributed by atoms with Gasteiger partial charge in [-0.05, 0) is 94.8 Å². The van der Waals surface area contributed by atoms with Crippen LogP contribution in [0.15, 0.2) is 84.9 Å². The van der Waals surface area contributed by atoms with E-state index in [9.17, 15) is 0 Å². The van der Waals surface area contributed by atoms with Crippen LogP contribution >= 0.6 is 0 Å². The fourth-order valence-electron chi connectivity index (χ4n) is 5.92. The largest absolute Gasteiger partial charge is 0.378 e. The quantitative estimate of drug-likeness (QED) is 0.143. The Balaban J connectivity index is 1.94. The summed E-state index contributed by atoms with van der Waals surface area (Å²) < 4.78 is 7.52. The molecule has 2 unspecified atom stereocenters. The van der Waals surface area contributed by atoms with Crippen LogP contribution in [0.25, 0.3) is 0 Å². The van der Waals surface area contributed by atoms with Crippen LogP contribution in [-0.2, 0) is 17.6 Å². The molecule has 5 heteroatoms. The molecule has 0 saturated heterocycles. The van der Waals surface area contributed by atoms with Gasteiger partial charge in [0, 0.05) is 79.1 Å². The summed E-state index contributed by atoms with van der Waals surface area (Å²) in [6.45, 7) is 4.51. The Morgan fingerprint density at radius 2 is 0.756 bits per heavy atom. The Hall–Kier alpha value is -3.96. The highest BCUT2D eigenvalue weighted by Gasteiger charge is 2.27. The zero-order chi connectivity index (χ0) is 32.7. The van der Waals surface area contributed by atoms with E-state index in [0.717, 1.165) is 36.8 Å². The van der Waals surface area contributed by atoms with Crippen molar-refractivity contribution in [2.24, 2.45) is 0 Å². The van der Waals surface area contributed by atoms with E-state index in [1.165, 1.54) is 45.0 Å². The second-order valence-corrected chi connectivity index (χ2v) is 12.9. The standard InChI is InChI=1S/C40H54N4O/c1-11-13-31-27-35(43(7)8)23-25-37(31)39(29-15-19-33(20-16-29)41(3)4)45-40(30-17-21-34(22-18-30)42(5)6)38-26-24-36(44(9)10)28-32(38)14-12-2/h15-28,39-40H,11-14H2,1-10H3. The van der Waals surface area contributed by atoms with Gasteiger partial charge in [-0.3, -0.25) is 0 Å². The van der Waals surface area contributed by atoms with Crippen LogP contribution in [0.5, 0.6) is 0 Å². The molecule has 0 spiro atoms. The number of nitrogens with zero attached hydrogens (tertiary/aromatic N) is 4. The maximum Gasteiger partial charge on any atom is 0.109 e. The Morgan fingerprint density at radius 3 is 1.04 bits per heavy atom.